The molecule has 1 aliphatic heterocycles. The average Bonchev–Trinajstić information content (AvgIpc) is 3.15. The molecule has 1 aromatic carbocycles. The van der Waals surface area contributed by atoms with E-state index in [9.17, 15) is 19.7 Å². The number of benzene rings is 1. The van der Waals surface area contributed by atoms with Gasteiger partial charge in [-0.15, -0.1) is 11.3 Å². The highest BCUT2D eigenvalue weighted by Gasteiger charge is 2.26. The third kappa shape index (κ3) is 3.13. The van der Waals surface area contributed by atoms with E-state index in [4.69, 9.17) is 0 Å². The molecule has 0 N–H and O–H groups in total. The van der Waals surface area contributed by atoms with Crippen LogP contribution < -0.4 is 4.90 Å². The molecule has 1 aromatic heterocycles. The highest BCUT2D eigenvalue weighted by atomic mass is 32.1. The highest BCUT2D eigenvalue weighted by molar-refractivity contribution is 7.12. The summed E-state index contributed by atoms with van der Waals surface area (Å²) in [6, 6.07) is 8.08. The van der Waals surface area contributed by atoms with Crippen molar-refractivity contribution in [2.45, 2.75) is 0 Å². The molecule has 0 atom stereocenters. The van der Waals surface area contributed by atoms with E-state index in [1.165, 1.54) is 17.4 Å². The summed E-state index contributed by atoms with van der Waals surface area (Å²) in [7, 11) is 0. The summed E-state index contributed by atoms with van der Waals surface area (Å²) >= 11 is 1.41. The first-order chi connectivity index (χ1) is 11.6. The minimum absolute atomic E-state index is 0.00421. The number of nitro benzene ring substituents is 1. The predicted molar refractivity (Wildman–Crippen MR) is 90.9 cm³/mol. The van der Waals surface area contributed by atoms with Crippen molar-refractivity contribution < 1.29 is 14.5 Å². The molecule has 1 saturated heterocycles. The van der Waals surface area contributed by atoms with Gasteiger partial charge in [0.25, 0.3) is 11.6 Å². The molecule has 2 aromatic rings. The zero-order valence-electron chi connectivity index (χ0n) is 12.8. The Morgan fingerprint density at radius 1 is 1.21 bits per heavy atom. The molecule has 1 aliphatic rings. The fraction of sp³-hybridized carbons (Fsp3) is 0.250. The van der Waals surface area contributed by atoms with Gasteiger partial charge < -0.3 is 9.80 Å². The number of rotatable bonds is 4. The van der Waals surface area contributed by atoms with Crippen molar-refractivity contribution in [1.29, 1.82) is 0 Å². The first-order valence-corrected chi connectivity index (χ1v) is 8.29. The third-order valence-electron chi connectivity index (χ3n) is 3.97. The van der Waals surface area contributed by atoms with Gasteiger partial charge in [-0.3, -0.25) is 19.7 Å². The second-order valence-electron chi connectivity index (χ2n) is 5.38. The maximum absolute atomic E-state index is 12.3. The van der Waals surface area contributed by atoms with Gasteiger partial charge in [0, 0.05) is 37.8 Å². The van der Waals surface area contributed by atoms with E-state index in [-0.39, 0.29) is 17.2 Å². The third-order valence-corrected chi connectivity index (χ3v) is 4.83. The van der Waals surface area contributed by atoms with Crippen LogP contribution in [0.2, 0.25) is 0 Å². The number of hydrogen-bond donors (Lipinski definition) is 0. The van der Waals surface area contributed by atoms with Crippen molar-refractivity contribution >= 4 is 34.9 Å². The molecule has 0 spiro atoms. The lowest BCUT2D eigenvalue weighted by Gasteiger charge is -2.35. The van der Waals surface area contributed by atoms with Gasteiger partial charge in [-0.1, -0.05) is 6.07 Å². The fourth-order valence-corrected chi connectivity index (χ4v) is 3.42. The Hall–Kier alpha value is -2.74. The Balaban J connectivity index is 1.74. The van der Waals surface area contributed by atoms with E-state index in [0.29, 0.717) is 43.0 Å². The summed E-state index contributed by atoms with van der Waals surface area (Å²) in [5, 5.41) is 13.1. The standard InChI is InChI=1S/C16H15N3O4S/c20-11-12-3-4-13(14(10-12)19(22)23)17-5-7-18(8-6-17)16(21)15-2-1-9-24-15/h1-4,9-11H,5-8H2. The maximum atomic E-state index is 12.3. The smallest absolute Gasteiger partial charge is 0.293 e. The van der Waals surface area contributed by atoms with Gasteiger partial charge in [0.05, 0.1) is 9.80 Å². The number of carbonyl (C=O) groups is 2. The van der Waals surface area contributed by atoms with Crippen LogP contribution in [0.15, 0.2) is 35.7 Å². The lowest BCUT2D eigenvalue weighted by atomic mass is 10.1. The molecule has 8 heteroatoms. The van der Waals surface area contributed by atoms with Crippen molar-refractivity contribution in [3.63, 3.8) is 0 Å². The Morgan fingerprint density at radius 2 is 1.96 bits per heavy atom. The number of nitro groups is 1. The number of anilines is 1. The first kappa shape index (κ1) is 16.1. The average molecular weight is 345 g/mol. The normalized spacial score (nSPS) is 14.5. The zero-order valence-corrected chi connectivity index (χ0v) is 13.6. The number of nitrogens with zero attached hydrogens (tertiary/aromatic N) is 3. The van der Waals surface area contributed by atoms with Gasteiger partial charge in [0.2, 0.25) is 0 Å². The topological polar surface area (TPSA) is 83.8 Å². The summed E-state index contributed by atoms with van der Waals surface area (Å²) in [5.74, 6) is -0.00421. The summed E-state index contributed by atoms with van der Waals surface area (Å²) in [6.07, 6.45) is 0.592. The second kappa shape index (κ2) is 6.79. The van der Waals surface area contributed by atoms with Gasteiger partial charge in [-0.25, -0.2) is 0 Å². The molecule has 0 aliphatic carbocycles. The van der Waals surface area contributed by atoms with Gasteiger partial charge in [0.15, 0.2) is 0 Å². The number of thiophene rings is 1. The van der Waals surface area contributed by atoms with E-state index in [0.717, 1.165) is 0 Å². The fourth-order valence-electron chi connectivity index (χ4n) is 2.73. The van der Waals surface area contributed by atoms with Crippen LogP contribution in [0.1, 0.15) is 20.0 Å². The molecule has 0 bridgehead atoms. The Morgan fingerprint density at radius 3 is 2.54 bits per heavy atom. The van der Waals surface area contributed by atoms with Gasteiger partial charge in [-0.05, 0) is 23.6 Å². The molecule has 24 heavy (non-hydrogen) atoms. The highest BCUT2D eigenvalue weighted by Crippen LogP contribution is 2.30. The maximum Gasteiger partial charge on any atom is 0.293 e. The molecule has 7 nitrogen and oxygen atoms in total. The Kier molecular flexibility index (Phi) is 4.57. The quantitative estimate of drug-likeness (QED) is 0.483. The van der Waals surface area contributed by atoms with Gasteiger partial charge >= 0.3 is 0 Å². The van der Waals surface area contributed by atoms with Crippen LogP contribution in [0.25, 0.3) is 0 Å². The van der Waals surface area contributed by atoms with Gasteiger partial charge in [-0.2, -0.15) is 0 Å². The largest absolute Gasteiger partial charge is 0.362 e. The Labute approximate surface area is 142 Å². The van der Waals surface area contributed by atoms with Crippen molar-refractivity contribution in [1.82, 2.24) is 4.90 Å². The van der Waals surface area contributed by atoms with Crippen LogP contribution in [0.3, 0.4) is 0 Å². The van der Waals surface area contributed by atoms with Crippen molar-refractivity contribution in [2.24, 2.45) is 0 Å². The monoisotopic (exact) mass is 345 g/mol. The molecular formula is C16H15N3O4S. The number of aldehydes is 1. The summed E-state index contributed by atoms with van der Waals surface area (Å²) in [5.41, 5.74) is 0.670. The lowest BCUT2D eigenvalue weighted by Crippen LogP contribution is -2.48. The lowest BCUT2D eigenvalue weighted by molar-refractivity contribution is -0.384. The predicted octanol–water partition coefficient (Wildman–Crippen LogP) is 2.43. The molecule has 2 heterocycles. The van der Waals surface area contributed by atoms with Crippen LogP contribution in [0.5, 0.6) is 0 Å². The minimum Gasteiger partial charge on any atom is -0.362 e. The first-order valence-electron chi connectivity index (χ1n) is 7.41. The second-order valence-corrected chi connectivity index (χ2v) is 6.33. The van der Waals surface area contributed by atoms with Crippen LogP contribution in [-0.2, 0) is 0 Å². The summed E-state index contributed by atoms with van der Waals surface area (Å²) in [4.78, 5) is 38.3. The van der Waals surface area contributed by atoms with E-state index in [1.807, 2.05) is 16.3 Å². The van der Waals surface area contributed by atoms with E-state index in [2.05, 4.69) is 0 Å². The van der Waals surface area contributed by atoms with Crippen LogP contribution >= 0.6 is 11.3 Å². The molecule has 0 radical (unpaired) electrons. The SMILES string of the molecule is O=Cc1ccc(N2CCN(C(=O)c3cccs3)CC2)c([N+](=O)[O-])c1. The number of hydrogen-bond acceptors (Lipinski definition) is 6. The minimum atomic E-state index is -0.481. The van der Waals surface area contributed by atoms with E-state index >= 15 is 0 Å². The van der Waals surface area contributed by atoms with Gasteiger partial charge in [0.1, 0.15) is 12.0 Å². The van der Waals surface area contributed by atoms with Crippen LogP contribution in [0.4, 0.5) is 11.4 Å². The molecule has 0 saturated carbocycles. The van der Waals surface area contributed by atoms with Crippen LogP contribution in [0, 0.1) is 10.1 Å². The molecular weight excluding hydrogens is 330 g/mol. The summed E-state index contributed by atoms with van der Waals surface area (Å²) < 4.78 is 0. The number of carbonyl (C=O) groups excluding carboxylic acids is 2. The van der Waals surface area contributed by atoms with Crippen LogP contribution in [-0.4, -0.2) is 48.2 Å². The van der Waals surface area contributed by atoms with Crippen molar-refractivity contribution in [2.75, 3.05) is 31.1 Å². The zero-order chi connectivity index (χ0) is 17.1. The van der Waals surface area contributed by atoms with E-state index in [1.54, 1.807) is 23.1 Å². The van der Waals surface area contributed by atoms with Crippen molar-refractivity contribution in [3.05, 3.63) is 56.3 Å². The number of piperazine rings is 1. The molecule has 3 rings (SSSR count). The molecule has 124 valence electrons. The number of amides is 1. The molecule has 0 unspecified atom stereocenters. The van der Waals surface area contributed by atoms with Crippen molar-refractivity contribution in [3.8, 4) is 0 Å². The summed E-state index contributed by atoms with van der Waals surface area (Å²) in [6.45, 7) is 2.03. The molecule has 1 amide bonds. The Bertz CT molecular complexity index is 768. The van der Waals surface area contributed by atoms with E-state index < -0.39 is 4.92 Å². The molecule has 1 fully saturated rings.